The van der Waals surface area contributed by atoms with Gasteiger partial charge in [0.1, 0.15) is 6.33 Å². The first kappa shape index (κ1) is 13.4. The van der Waals surface area contributed by atoms with Crippen LogP contribution in [-0.2, 0) is 4.79 Å². The second-order valence-corrected chi connectivity index (χ2v) is 5.75. The summed E-state index contributed by atoms with van der Waals surface area (Å²) in [5.41, 5.74) is -0.142. The smallest absolute Gasteiger partial charge is 0.343 e. The Hall–Kier alpha value is -1.63. The monoisotopic (exact) mass is 279 g/mol. The molecule has 3 rings (SSSR count). The van der Waals surface area contributed by atoms with Gasteiger partial charge < -0.3 is 4.90 Å². The summed E-state index contributed by atoms with van der Waals surface area (Å²) in [4.78, 5) is 27.9. The summed E-state index contributed by atoms with van der Waals surface area (Å²) in [5.74, 6) is 0.246. The van der Waals surface area contributed by atoms with Crippen LogP contribution in [0.1, 0.15) is 31.7 Å². The lowest BCUT2D eigenvalue weighted by molar-refractivity contribution is -0.139. The molecule has 0 saturated carbocycles. The number of rotatable bonds is 2. The molecular weight excluding hydrogens is 258 g/mol. The molecule has 2 aliphatic heterocycles. The quantitative estimate of drug-likeness (QED) is 0.815. The lowest BCUT2D eigenvalue weighted by Gasteiger charge is -2.40. The number of likely N-dealkylation sites (tertiary alicyclic amines) is 2. The third-order valence-corrected chi connectivity index (χ3v) is 4.54. The van der Waals surface area contributed by atoms with Crippen molar-refractivity contribution in [3.63, 3.8) is 0 Å². The number of carbonyl (C=O) groups excluding carboxylic acids is 1. The molecule has 1 amide bonds. The molecule has 110 valence electrons. The highest BCUT2D eigenvalue weighted by Crippen LogP contribution is 2.25. The first-order valence-electron chi connectivity index (χ1n) is 7.27. The Labute approximate surface area is 117 Å². The third-order valence-electron chi connectivity index (χ3n) is 4.54. The van der Waals surface area contributed by atoms with Crippen LogP contribution in [0.15, 0.2) is 11.1 Å². The van der Waals surface area contributed by atoms with E-state index in [1.807, 2.05) is 11.9 Å². The van der Waals surface area contributed by atoms with Crippen molar-refractivity contribution in [2.75, 3.05) is 26.7 Å². The average molecular weight is 279 g/mol. The van der Waals surface area contributed by atoms with Crippen LogP contribution < -0.4 is 5.69 Å². The molecule has 1 atom stereocenters. The fourth-order valence-electron chi connectivity index (χ4n) is 3.34. The maximum absolute atomic E-state index is 12.2. The molecule has 1 unspecified atom stereocenters. The van der Waals surface area contributed by atoms with Crippen molar-refractivity contribution in [2.24, 2.45) is 0 Å². The summed E-state index contributed by atoms with van der Waals surface area (Å²) in [6.45, 7) is 2.61. The van der Waals surface area contributed by atoms with E-state index in [0.717, 1.165) is 45.3 Å². The molecule has 1 aromatic rings. The number of carbonyl (C=O) groups is 1. The van der Waals surface area contributed by atoms with Crippen LogP contribution in [0.3, 0.4) is 0 Å². The number of aromatic nitrogens is 3. The van der Waals surface area contributed by atoms with Gasteiger partial charge >= 0.3 is 5.69 Å². The largest absolute Gasteiger partial charge is 0.344 e. The molecule has 3 heterocycles. The standard InChI is InChI=1S/C13H21N5O2/c1-16-6-2-3-11(12(16)19)17-7-4-10(5-8-17)18-9-14-15-13(18)20/h9-11H,2-8H2,1H3,(H,15,20). The van der Waals surface area contributed by atoms with E-state index < -0.39 is 0 Å². The highest BCUT2D eigenvalue weighted by atomic mass is 16.2. The zero-order valence-corrected chi connectivity index (χ0v) is 11.8. The van der Waals surface area contributed by atoms with Crippen molar-refractivity contribution >= 4 is 5.91 Å². The number of hydrogen-bond donors (Lipinski definition) is 1. The molecule has 1 aromatic heterocycles. The zero-order chi connectivity index (χ0) is 14.1. The van der Waals surface area contributed by atoms with Crippen molar-refractivity contribution in [3.8, 4) is 0 Å². The molecule has 2 saturated heterocycles. The molecule has 2 fully saturated rings. The molecule has 7 nitrogen and oxygen atoms in total. The van der Waals surface area contributed by atoms with Gasteiger partial charge in [-0.15, -0.1) is 0 Å². The third kappa shape index (κ3) is 2.37. The molecule has 7 heteroatoms. The van der Waals surface area contributed by atoms with Gasteiger partial charge in [0.15, 0.2) is 0 Å². The number of amides is 1. The Morgan fingerprint density at radius 3 is 2.60 bits per heavy atom. The Balaban J connectivity index is 1.62. The predicted octanol–water partition coefficient (Wildman–Crippen LogP) is -0.171. The van der Waals surface area contributed by atoms with E-state index >= 15 is 0 Å². The fraction of sp³-hybridized carbons (Fsp3) is 0.769. The zero-order valence-electron chi connectivity index (χ0n) is 11.8. The van der Waals surface area contributed by atoms with Crippen molar-refractivity contribution in [1.82, 2.24) is 24.6 Å². The maximum Gasteiger partial charge on any atom is 0.343 e. The Morgan fingerprint density at radius 2 is 1.95 bits per heavy atom. The van der Waals surface area contributed by atoms with Crippen LogP contribution in [0.5, 0.6) is 0 Å². The molecule has 0 aromatic carbocycles. The van der Waals surface area contributed by atoms with Gasteiger partial charge in [-0.25, -0.2) is 9.89 Å². The van der Waals surface area contributed by atoms with Gasteiger partial charge in [0.2, 0.25) is 5.91 Å². The molecule has 20 heavy (non-hydrogen) atoms. The molecule has 1 N–H and O–H groups in total. The van der Waals surface area contributed by atoms with Crippen LogP contribution in [0.4, 0.5) is 0 Å². The van der Waals surface area contributed by atoms with E-state index in [4.69, 9.17) is 0 Å². The number of nitrogens with one attached hydrogen (secondary N) is 1. The van der Waals surface area contributed by atoms with Crippen LogP contribution in [-0.4, -0.2) is 63.2 Å². The van der Waals surface area contributed by atoms with Crippen molar-refractivity contribution in [2.45, 2.75) is 37.8 Å². The van der Waals surface area contributed by atoms with E-state index in [1.54, 1.807) is 10.9 Å². The minimum absolute atomic E-state index is 0.0378. The SMILES string of the molecule is CN1CCCC(N2CCC(n3cn[nH]c3=O)CC2)C1=O. The molecular formula is C13H21N5O2. The number of piperidine rings is 2. The topological polar surface area (TPSA) is 74.2 Å². The summed E-state index contributed by atoms with van der Waals surface area (Å²) >= 11 is 0. The van der Waals surface area contributed by atoms with Gasteiger partial charge in [-0.1, -0.05) is 0 Å². The van der Waals surface area contributed by atoms with E-state index in [0.29, 0.717) is 0 Å². The minimum atomic E-state index is -0.142. The molecule has 0 spiro atoms. The summed E-state index contributed by atoms with van der Waals surface area (Å²) in [5, 5.41) is 6.22. The Bertz CT molecular complexity index is 529. The molecule has 0 aliphatic carbocycles. The second-order valence-electron chi connectivity index (χ2n) is 5.75. The number of nitrogens with zero attached hydrogens (tertiary/aromatic N) is 4. The predicted molar refractivity (Wildman–Crippen MR) is 73.4 cm³/mol. The number of H-pyrrole nitrogens is 1. The first-order valence-corrected chi connectivity index (χ1v) is 7.27. The number of hydrogen-bond acceptors (Lipinski definition) is 4. The fourth-order valence-corrected chi connectivity index (χ4v) is 3.34. The lowest BCUT2D eigenvalue weighted by atomic mass is 9.98. The lowest BCUT2D eigenvalue weighted by Crippen LogP contribution is -2.53. The van der Waals surface area contributed by atoms with E-state index in [2.05, 4.69) is 15.1 Å². The van der Waals surface area contributed by atoms with Crippen molar-refractivity contribution in [1.29, 1.82) is 0 Å². The van der Waals surface area contributed by atoms with Crippen molar-refractivity contribution < 1.29 is 4.79 Å². The average Bonchev–Trinajstić information content (AvgIpc) is 2.88. The molecule has 0 bridgehead atoms. The van der Waals surface area contributed by atoms with Gasteiger partial charge in [-0.05, 0) is 25.7 Å². The summed E-state index contributed by atoms with van der Waals surface area (Å²) in [7, 11) is 1.88. The van der Waals surface area contributed by atoms with E-state index in [-0.39, 0.29) is 23.7 Å². The van der Waals surface area contributed by atoms with E-state index in [1.165, 1.54) is 0 Å². The second kappa shape index (κ2) is 5.40. The van der Waals surface area contributed by atoms with Crippen LogP contribution in [0.2, 0.25) is 0 Å². The highest BCUT2D eigenvalue weighted by Gasteiger charge is 2.34. The van der Waals surface area contributed by atoms with Gasteiger partial charge in [-0.2, -0.15) is 5.10 Å². The summed E-state index contributed by atoms with van der Waals surface area (Å²) in [6.07, 6.45) is 5.40. The Morgan fingerprint density at radius 1 is 1.20 bits per heavy atom. The normalized spacial score (nSPS) is 26.1. The van der Waals surface area contributed by atoms with E-state index in [9.17, 15) is 9.59 Å². The van der Waals surface area contributed by atoms with Gasteiger partial charge in [-0.3, -0.25) is 14.3 Å². The Kier molecular flexibility index (Phi) is 3.60. The van der Waals surface area contributed by atoms with Gasteiger partial charge in [0, 0.05) is 32.7 Å². The summed E-state index contributed by atoms with van der Waals surface area (Å²) < 4.78 is 1.67. The van der Waals surface area contributed by atoms with Crippen LogP contribution >= 0.6 is 0 Å². The van der Waals surface area contributed by atoms with Gasteiger partial charge in [0.25, 0.3) is 0 Å². The number of aromatic amines is 1. The highest BCUT2D eigenvalue weighted by molar-refractivity contribution is 5.82. The molecule has 0 radical (unpaired) electrons. The maximum atomic E-state index is 12.2. The van der Waals surface area contributed by atoms with Crippen LogP contribution in [0, 0.1) is 0 Å². The first-order chi connectivity index (χ1) is 9.66. The minimum Gasteiger partial charge on any atom is -0.344 e. The van der Waals surface area contributed by atoms with Crippen LogP contribution in [0.25, 0.3) is 0 Å². The van der Waals surface area contributed by atoms with Gasteiger partial charge in [0.05, 0.1) is 6.04 Å². The summed E-state index contributed by atoms with van der Waals surface area (Å²) in [6, 6.07) is 0.240. The molecule has 2 aliphatic rings. The number of likely N-dealkylation sites (N-methyl/N-ethyl adjacent to an activating group) is 1. The van der Waals surface area contributed by atoms with Crippen molar-refractivity contribution in [3.05, 3.63) is 16.8 Å².